The fourth-order valence-corrected chi connectivity index (χ4v) is 9.61. The predicted octanol–water partition coefficient (Wildman–Crippen LogP) is 5.65. The molecule has 0 aromatic heterocycles. The summed E-state index contributed by atoms with van der Waals surface area (Å²) in [4.78, 5) is 15.8. The zero-order valence-corrected chi connectivity index (χ0v) is 26.1. The third-order valence-electron chi connectivity index (χ3n) is 11.3. The van der Waals surface area contributed by atoms with Crippen molar-refractivity contribution in [2.45, 2.75) is 94.2 Å². The highest BCUT2D eigenvalue weighted by atomic mass is 16.7. The first-order chi connectivity index (χ1) is 21.9. The monoisotopic (exact) mass is 617 g/mol. The number of aliphatic hydroxyl groups is 1. The number of carbonyl (C=O) groups excluding carboxylic acids is 1. The van der Waals surface area contributed by atoms with E-state index >= 15 is 0 Å². The molecule has 4 saturated carbocycles. The molecule has 0 unspecified atom stereocenters. The Morgan fingerprint density at radius 3 is 2.22 bits per heavy atom. The maximum Gasteiger partial charge on any atom is 0.319 e. The van der Waals surface area contributed by atoms with Crippen LogP contribution in [0.4, 0.5) is 10.5 Å². The average Bonchev–Trinajstić information content (AvgIpc) is 3.49. The molecule has 3 heterocycles. The fraction of sp³-hybridized carbons (Fsp3) is 0.639. The summed E-state index contributed by atoms with van der Waals surface area (Å²) in [5, 5.41) is 16.1. The van der Waals surface area contributed by atoms with E-state index in [9.17, 15) is 9.90 Å². The smallest absolute Gasteiger partial charge is 0.319 e. The first-order valence-corrected chi connectivity index (χ1v) is 17.1. The van der Waals surface area contributed by atoms with Gasteiger partial charge in [-0.15, -0.1) is 0 Å². The van der Waals surface area contributed by atoms with Crippen LogP contribution in [-0.2, 0) is 25.6 Å². The van der Waals surface area contributed by atoms with Crippen molar-refractivity contribution in [1.82, 2.24) is 10.2 Å². The van der Waals surface area contributed by atoms with E-state index in [-0.39, 0.29) is 30.4 Å². The SMILES string of the molecule is O=C(Nc1cccc([C@@H]2O[C@H](CN3CCC4(CC3)OCCO4)C[C@H](c3ccc(CO)cc3)O2)c1)NC12CC3CC(CC(C3)C1)C2. The lowest BCUT2D eigenvalue weighted by atomic mass is 9.53. The molecule has 3 aliphatic heterocycles. The van der Waals surface area contributed by atoms with Gasteiger partial charge in [-0.2, -0.15) is 0 Å². The molecule has 4 bridgehead atoms. The van der Waals surface area contributed by atoms with E-state index in [4.69, 9.17) is 18.9 Å². The van der Waals surface area contributed by atoms with Crippen LogP contribution in [0, 0.1) is 17.8 Å². The maximum absolute atomic E-state index is 13.3. The molecule has 9 nitrogen and oxygen atoms in total. The van der Waals surface area contributed by atoms with Crippen LogP contribution in [0.15, 0.2) is 48.5 Å². The van der Waals surface area contributed by atoms with Crippen LogP contribution in [0.25, 0.3) is 0 Å². The summed E-state index contributed by atoms with van der Waals surface area (Å²) >= 11 is 0. The van der Waals surface area contributed by atoms with Crippen molar-refractivity contribution in [2.24, 2.45) is 17.8 Å². The topological polar surface area (TPSA) is 102 Å². The summed E-state index contributed by atoms with van der Waals surface area (Å²) in [5.41, 5.74) is 3.53. The van der Waals surface area contributed by atoms with Gasteiger partial charge in [-0.05, 0) is 79.5 Å². The molecule has 4 aliphatic carbocycles. The molecule has 0 radical (unpaired) electrons. The number of anilines is 1. The van der Waals surface area contributed by atoms with Crippen molar-refractivity contribution in [3.63, 3.8) is 0 Å². The van der Waals surface area contributed by atoms with Gasteiger partial charge in [0.2, 0.25) is 0 Å². The van der Waals surface area contributed by atoms with Gasteiger partial charge in [-0.1, -0.05) is 36.4 Å². The lowest BCUT2D eigenvalue weighted by Gasteiger charge is -2.56. The van der Waals surface area contributed by atoms with Crippen LogP contribution < -0.4 is 10.6 Å². The Hall–Kier alpha value is -2.53. The number of rotatable bonds is 7. The van der Waals surface area contributed by atoms with E-state index in [2.05, 4.69) is 15.5 Å². The summed E-state index contributed by atoms with van der Waals surface area (Å²) in [6, 6.07) is 15.8. The average molecular weight is 618 g/mol. The molecule has 7 aliphatic rings. The number of urea groups is 1. The molecule has 9 rings (SSSR count). The number of aliphatic hydroxyl groups excluding tert-OH is 1. The number of likely N-dealkylation sites (tertiary alicyclic amines) is 1. The summed E-state index contributed by atoms with van der Waals surface area (Å²) < 4.78 is 25.1. The highest BCUT2D eigenvalue weighted by Gasteiger charge is 2.51. The van der Waals surface area contributed by atoms with Gasteiger partial charge in [0, 0.05) is 55.7 Å². The van der Waals surface area contributed by atoms with Gasteiger partial charge in [0.25, 0.3) is 0 Å². The number of benzene rings is 2. The Bertz CT molecular complexity index is 1320. The summed E-state index contributed by atoms with van der Waals surface area (Å²) in [5.74, 6) is 1.92. The Morgan fingerprint density at radius 2 is 1.56 bits per heavy atom. The quantitative estimate of drug-likeness (QED) is 0.369. The first-order valence-electron chi connectivity index (χ1n) is 17.1. The largest absolute Gasteiger partial charge is 0.392 e. The second-order valence-corrected chi connectivity index (χ2v) is 14.7. The molecule has 3 saturated heterocycles. The molecule has 3 N–H and O–H groups in total. The zero-order valence-electron chi connectivity index (χ0n) is 26.1. The number of piperidine rings is 1. The number of amides is 2. The van der Waals surface area contributed by atoms with Crippen molar-refractivity contribution >= 4 is 11.7 Å². The van der Waals surface area contributed by atoms with Crippen LogP contribution in [0.2, 0.25) is 0 Å². The Morgan fingerprint density at radius 1 is 0.867 bits per heavy atom. The lowest BCUT2D eigenvalue weighted by molar-refractivity contribution is -0.255. The number of nitrogens with zero attached hydrogens (tertiary/aromatic N) is 1. The molecule has 9 heteroatoms. The van der Waals surface area contributed by atoms with Gasteiger partial charge in [0.1, 0.15) is 0 Å². The van der Waals surface area contributed by atoms with Gasteiger partial charge in [-0.3, -0.25) is 0 Å². The lowest BCUT2D eigenvalue weighted by Crippen LogP contribution is -2.60. The van der Waals surface area contributed by atoms with Gasteiger partial charge in [-0.25, -0.2) is 4.79 Å². The predicted molar refractivity (Wildman–Crippen MR) is 168 cm³/mol. The van der Waals surface area contributed by atoms with Crippen molar-refractivity contribution < 1.29 is 28.8 Å². The van der Waals surface area contributed by atoms with Crippen molar-refractivity contribution in [1.29, 1.82) is 0 Å². The minimum absolute atomic E-state index is 0.0142. The van der Waals surface area contributed by atoms with E-state index in [1.54, 1.807) is 0 Å². The molecule has 3 atom stereocenters. The Labute approximate surface area is 265 Å². The van der Waals surface area contributed by atoms with Crippen molar-refractivity contribution in [2.75, 3.05) is 38.2 Å². The molecular weight excluding hydrogens is 570 g/mol. The van der Waals surface area contributed by atoms with Crippen LogP contribution >= 0.6 is 0 Å². The van der Waals surface area contributed by atoms with Crippen LogP contribution in [-0.4, -0.2) is 66.3 Å². The standard InChI is InChI=1S/C36H47N3O6/c40-23-24-4-6-28(7-5-24)32-18-31(22-39-10-8-36(9-11-39)42-12-13-43-36)44-33(45-32)29-2-1-3-30(17-29)37-34(41)38-35-19-25-14-26(20-35)16-27(15-25)21-35/h1-7,17,25-27,31-33,40H,8-16,18-23H2,(H2,37,38,41)/t25?,26?,27?,31-,32+,33+,35?/m0/s1. The van der Waals surface area contributed by atoms with Gasteiger partial charge < -0.3 is 39.6 Å². The number of ether oxygens (including phenoxy) is 4. The number of hydrogen-bond donors (Lipinski definition) is 3. The molecular formula is C36H47N3O6. The van der Waals surface area contributed by atoms with E-state index in [0.717, 1.165) is 98.3 Å². The number of nitrogens with one attached hydrogen (secondary N) is 2. The summed E-state index contributed by atoms with van der Waals surface area (Å²) in [6.45, 7) is 3.98. The molecule has 1 spiro atoms. The third kappa shape index (κ3) is 6.40. The van der Waals surface area contributed by atoms with E-state index in [1.165, 1.54) is 19.3 Å². The fourth-order valence-electron chi connectivity index (χ4n) is 9.61. The molecule has 7 fully saturated rings. The molecule has 2 amide bonds. The molecule has 242 valence electrons. The van der Waals surface area contributed by atoms with Crippen LogP contribution in [0.1, 0.15) is 86.9 Å². The van der Waals surface area contributed by atoms with Gasteiger partial charge in [0.15, 0.2) is 12.1 Å². The second kappa shape index (κ2) is 12.2. The Balaban J connectivity index is 0.957. The highest BCUT2D eigenvalue weighted by Crippen LogP contribution is 2.55. The second-order valence-electron chi connectivity index (χ2n) is 14.7. The Kier molecular flexibility index (Phi) is 8.12. The maximum atomic E-state index is 13.3. The van der Waals surface area contributed by atoms with Crippen molar-refractivity contribution in [3.8, 4) is 0 Å². The van der Waals surface area contributed by atoms with Gasteiger partial charge >= 0.3 is 6.03 Å². The van der Waals surface area contributed by atoms with E-state index in [0.29, 0.717) is 13.2 Å². The minimum Gasteiger partial charge on any atom is -0.392 e. The summed E-state index contributed by atoms with van der Waals surface area (Å²) in [7, 11) is 0. The van der Waals surface area contributed by atoms with Gasteiger partial charge in [0.05, 0.1) is 32.0 Å². The minimum atomic E-state index is -0.572. The zero-order chi connectivity index (χ0) is 30.4. The first kappa shape index (κ1) is 29.8. The third-order valence-corrected chi connectivity index (χ3v) is 11.3. The van der Waals surface area contributed by atoms with Crippen molar-refractivity contribution in [3.05, 3.63) is 65.2 Å². The molecule has 2 aromatic rings. The highest BCUT2D eigenvalue weighted by molar-refractivity contribution is 5.90. The van der Waals surface area contributed by atoms with E-state index in [1.807, 2.05) is 48.5 Å². The number of hydrogen-bond acceptors (Lipinski definition) is 7. The normalized spacial score (nSPS) is 35.5. The van der Waals surface area contributed by atoms with Crippen LogP contribution in [0.3, 0.4) is 0 Å². The molecule has 2 aromatic carbocycles. The molecule has 45 heavy (non-hydrogen) atoms. The number of carbonyl (C=O) groups is 1. The van der Waals surface area contributed by atoms with E-state index < -0.39 is 12.1 Å². The summed E-state index contributed by atoms with van der Waals surface area (Å²) in [6.07, 6.45) is 9.10. The van der Waals surface area contributed by atoms with Crippen LogP contribution in [0.5, 0.6) is 0 Å².